The van der Waals surface area contributed by atoms with Crippen molar-refractivity contribution >= 4 is 23.4 Å². The van der Waals surface area contributed by atoms with Gasteiger partial charge in [-0.3, -0.25) is 14.3 Å². The lowest BCUT2D eigenvalue weighted by atomic mass is 10.0. The summed E-state index contributed by atoms with van der Waals surface area (Å²) >= 11 is 6.16. The van der Waals surface area contributed by atoms with Crippen molar-refractivity contribution in [2.75, 3.05) is 13.1 Å². The Labute approximate surface area is 158 Å². The van der Waals surface area contributed by atoms with Gasteiger partial charge in [-0.1, -0.05) is 29.3 Å². The Morgan fingerprint density at radius 3 is 2.31 bits per heavy atom. The van der Waals surface area contributed by atoms with Crippen molar-refractivity contribution in [1.82, 2.24) is 20.0 Å². The van der Waals surface area contributed by atoms with Gasteiger partial charge in [0.25, 0.3) is 11.8 Å². The van der Waals surface area contributed by atoms with Crippen LogP contribution >= 0.6 is 11.6 Å². The molecule has 1 aliphatic heterocycles. The first-order valence-electron chi connectivity index (χ1n) is 8.72. The number of nitrogens with zero attached hydrogens (tertiary/aromatic N) is 3. The number of hydrogen-bond donors (Lipinski definition) is 1. The van der Waals surface area contributed by atoms with Gasteiger partial charge in [0.2, 0.25) is 0 Å². The molecule has 2 amide bonds. The van der Waals surface area contributed by atoms with Gasteiger partial charge in [-0.2, -0.15) is 5.10 Å². The smallest absolute Gasteiger partial charge is 0.256 e. The fourth-order valence-electron chi connectivity index (χ4n) is 3.25. The fourth-order valence-corrected chi connectivity index (χ4v) is 3.51. The van der Waals surface area contributed by atoms with Crippen LogP contribution < -0.4 is 5.32 Å². The number of hydrogen-bond acceptors (Lipinski definition) is 3. The number of aromatic nitrogens is 2. The highest BCUT2D eigenvalue weighted by Crippen LogP contribution is 2.20. The summed E-state index contributed by atoms with van der Waals surface area (Å²) in [5.74, 6) is -0.162. The quantitative estimate of drug-likeness (QED) is 0.898. The number of benzene rings is 1. The molecule has 1 N–H and O–H groups in total. The molecule has 138 valence electrons. The molecule has 1 saturated heterocycles. The molecule has 3 rings (SSSR count). The number of halogens is 1. The number of rotatable bonds is 3. The largest absolute Gasteiger partial charge is 0.349 e. The van der Waals surface area contributed by atoms with Crippen molar-refractivity contribution in [1.29, 1.82) is 0 Å². The number of carbonyl (C=O) groups excluding carboxylic acids is 2. The minimum atomic E-state index is -0.205. The molecule has 6 nitrogen and oxygen atoms in total. The van der Waals surface area contributed by atoms with E-state index in [-0.39, 0.29) is 17.9 Å². The van der Waals surface area contributed by atoms with Gasteiger partial charge in [-0.25, -0.2) is 0 Å². The van der Waals surface area contributed by atoms with E-state index < -0.39 is 0 Å². The molecule has 0 unspecified atom stereocenters. The summed E-state index contributed by atoms with van der Waals surface area (Å²) in [6, 6.07) is 7.64. The standard InChI is InChI=1S/C19H23ClN4O2/c1-12-4-6-14(7-5-12)19(26)24-10-8-15(9-11-24)21-18(25)16-13(2)22-23(3)17(16)20/h4-7,15H,8-11H2,1-3H3,(H,21,25). The van der Waals surface area contributed by atoms with Crippen molar-refractivity contribution in [3.8, 4) is 0 Å². The number of amides is 2. The van der Waals surface area contributed by atoms with E-state index in [1.807, 2.05) is 36.1 Å². The topological polar surface area (TPSA) is 67.2 Å². The highest BCUT2D eigenvalue weighted by Gasteiger charge is 2.27. The van der Waals surface area contributed by atoms with Crippen LogP contribution in [0.15, 0.2) is 24.3 Å². The zero-order chi connectivity index (χ0) is 18.8. The van der Waals surface area contributed by atoms with E-state index in [9.17, 15) is 9.59 Å². The average molecular weight is 375 g/mol. The molecule has 1 fully saturated rings. The number of piperidine rings is 1. The molecule has 0 radical (unpaired) electrons. The maximum Gasteiger partial charge on any atom is 0.256 e. The highest BCUT2D eigenvalue weighted by molar-refractivity contribution is 6.33. The molecule has 0 saturated carbocycles. The van der Waals surface area contributed by atoms with Crippen LogP contribution in [0.4, 0.5) is 0 Å². The zero-order valence-corrected chi connectivity index (χ0v) is 16.0. The third kappa shape index (κ3) is 3.75. The summed E-state index contributed by atoms with van der Waals surface area (Å²) in [5, 5.41) is 7.53. The molecule has 2 aromatic rings. The second-order valence-electron chi connectivity index (χ2n) is 6.78. The van der Waals surface area contributed by atoms with E-state index in [1.165, 1.54) is 4.68 Å². The molecule has 7 heteroatoms. The van der Waals surface area contributed by atoms with Crippen LogP contribution in [0.3, 0.4) is 0 Å². The molecule has 2 heterocycles. The van der Waals surface area contributed by atoms with Gasteiger partial charge in [0.15, 0.2) is 0 Å². The van der Waals surface area contributed by atoms with Gasteiger partial charge in [0.05, 0.1) is 11.3 Å². The van der Waals surface area contributed by atoms with Crippen LogP contribution in [0.5, 0.6) is 0 Å². The van der Waals surface area contributed by atoms with Gasteiger partial charge in [0.1, 0.15) is 5.15 Å². The van der Waals surface area contributed by atoms with Gasteiger partial charge in [-0.15, -0.1) is 0 Å². The Morgan fingerprint density at radius 2 is 1.77 bits per heavy atom. The summed E-state index contributed by atoms with van der Waals surface area (Å²) in [5.41, 5.74) is 2.87. The Balaban J connectivity index is 1.57. The number of carbonyl (C=O) groups is 2. The number of likely N-dealkylation sites (tertiary alicyclic amines) is 1. The lowest BCUT2D eigenvalue weighted by Crippen LogP contribution is -2.46. The fraction of sp³-hybridized carbons (Fsp3) is 0.421. The van der Waals surface area contributed by atoms with E-state index in [1.54, 1.807) is 14.0 Å². The van der Waals surface area contributed by atoms with Crippen LogP contribution in [-0.2, 0) is 7.05 Å². The second kappa shape index (κ2) is 7.50. The van der Waals surface area contributed by atoms with Crippen molar-refractivity contribution in [2.24, 2.45) is 7.05 Å². The SMILES string of the molecule is Cc1ccc(C(=O)N2CCC(NC(=O)c3c(C)nn(C)c3Cl)CC2)cc1. The highest BCUT2D eigenvalue weighted by atomic mass is 35.5. The first-order valence-corrected chi connectivity index (χ1v) is 9.10. The van der Waals surface area contributed by atoms with Crippen LogP contribution in [-0.4, -0.2) is 45.6 Å². The third-order valence-electron chi connectivity index (χ3n) is 4.80. The molecule has 0 spiro atoms. The summed E-state index contributed by atoms with van der Waals surface area (Å²) < 4.78 is 1.49. The zero-order valence-electron chi connectivity index (χ0n) is 15.3. The molecular weight excluding hydrogens is 352 g/mol. The van der Waals surface area contributed by atoms with Crippen molar-refractivity contribution < 1.29 is 9.59 Å². The molecule has 26 heavy (non-hydrogen) atoms. The first kappa shape index (κ1) is 18.5. The van der Waals surface area contributed by atoms with Gasteiger partial charge < -0.3 is 10.2 Å². The molecule has 0 bridgehead atoms. The minimum Gasteiger partial charge on any atom is -0.349 e. The monoisotopic (exact) mass is 374 g/mol. The summed E-state index contributed by atoms with van der Waals surface area (Å²) in [7, 11) is 1.71. The average Bonchev–Trinajstić information content (AvgIpc) is 2.88. The molecule has 1 aliphatic rings. The summed E-state index contributed by atoms with van der Waals surface area (Å²) in [4.78, 5) is 26.9. The molecule has 1 aromatic carbocycles. The number of nitrogens with one attached hydrogen (secondary N) is 1. The predicted octanol–water partition coefficient (Wildman–Crippen LogP) is 2.72. The van der Waals surface area contributed by atoms with Crippen LogP contribution in [0.2, 0.25) is 5.15 Å². The Morgan fingerprint density at radius 1 is 1.15 bits per heavy atom. The lowest BCUT2D eigenvalue weighted by Gasteiger charge is -2.32. The third-order valence-corrected chi connectivity index (χ3v) is 5.23. The van der Waals surface area contributed by atoms with E-state index in [4.69, 9.17) is 11.6 Å². The predicted molar refractivity (Wildman–Crippen MR) is 101 cm³/mol. The Kier molecular flexibility index (Phi) is 5.32. The van der Waals surface area contributed by atoms with E-state index in [0.29, 0.717) is 35.1 Å². The molecule has 1 aromatic heterocycles. The number of aryl methyl sites for hydroxylation is 3. The van der Waals surface area contributed by atoms with Gasteiger partial charge >= 0.3 is 0 Å². The van der Waals surface area contributed by atoms with E-state index in [0.717, 1.165) is 18.4 Å². The van der Waals surface area contributed by atoms with Gasteiger partial charge in [0, 0.05) is 31.7 Å². The summed E-state index contributed by atoms with van der Waals surface area (Å²) in [6.45, 7) is 5.01. The van der Waals surface area contributed by atoms with E-state index in [2.05, 4.69) is 10.4 Å². The molecule has 0 atom stereocenters. The molecular formula is C19H23ClN4O2. The second-order valence-corrected chi connectivity index (χ2v) is 7.14. The normalized spacial score (nSPS) is 15.2. The van der Waals surface area contributed by atoms with Crippen LogP contribution in [0.25, 0.3) is 0 Å². The van der Waals surface area contributed by atoms with Crippen molar-refractivity contribution in [2.45, 2.75) is 32.7 Å². The van der Waals surface area contributed by atoms with Crippen LogP contribution in [0, 0.1) is 13.8 Å². The maximum atomic E-state index is 12.6. The Bertz CT molecular complexity index is 821. The maximum absolute atomic E-state index is 12.6. The molecule has 0 aliphatic carbocycles. The van der Waals surface area contributed by atoms with E-state index >= 15 is 0 Å². The van der Waals surface area contributed by atoms with Crippen LogP contribution in [0.1, 0.15) is 44.8 Å². The van der Waals surface area contributed by atoms with Crippen molar-refractivity contribution in [3.05, 3.63) is 51.8 Å². The minimum absolute atomic E-state index is 0.0280. The Hall–Kier alpha value is -2.34. The first-order chi connectivity index (χ1) is 12.4. The van der Waals surface area contributed by atoms with Crippen molar-refractivity contribution in [3.63, 3.8) is 0 Å². The lowest BCUT2D eigenvalue weighted by molar-refractivity contribution is 0.0698. The van der Waals surface area contributed by atoms with Gasteiger partial charge in [-0.05, 0) is 38.8 Å². The summed E-state index contributed by atoms with van der Waals surface area (Å²) in [6.07, 6.45) is 1.44.